The van der Waals surface area contributed by atoms with E-state index in [0.29, 0.717) is 18.8 Å². The average Bonchev–Trinajstić information content (AvgIpc) is 3.31. The fourth-order valence-corrected chi connectivity index (χ4v) is 3.36. The van der Waals surface area contributed by atoms with Gasteiger partial charge in [-0.2, -0.15) is 0 Å². The molecule has 0 unspecified atom stereocenters. The van der Waals surface area contributed by atoms with Crippen molar-refractivity contribution in [3.05, 3.63) is 61.1 Å². The highest BCUT2D eigenvalue weighted by Crippen LogP contribution is 2.22. The van der Waals surface area contributed by atoms with Gasteiger partial charge in [0, 0.05) is 49.8 Å². The molecule has 154 valence electrons. The van der Waals surface area contributed by atoms with Crippen molar-refractivity contribution in [1.82, 2.24) is 30.2 Å². The number of nitrogens with zero attached hydrogens (tertiary/aromatic N) is 6. The maximum absolute atomic E-state index is 13.0. The largest absolute Gasteiger partial charge is 0.339 e. The molecule has 2 amide bonds. The summed E-state index contributed by atoms with van der Waals surface area (Å²) in [7, 11) is 0. The van der Waals surface area contributed by atoms with Gasteiger partial charge in [0.2, 0.25) is 11.8 Å². The van der Waals surface area contributed by atoms with Crippen LogP contribution in [0, 0.1) is 0 Å². The van der Waals surface area contributed by atoms with Crippen molar-refractivity contribution in [3.8, 4) is 11.3 Å². The molecule has 1 aliphatic heterocycles. The van der Waals surface area contributed by atoms with Crippen LogP contribution in [0.5, 0.6) is 0 Å². The van der Waals surface area contributed by atoms with E-state index in [2.05, 4.69) is 20.6 Å². The monoisotopic (exact) mass is 405 g/mol. The molecular formula is C21H23N7O2. The molecule has 9 nitrogen and oxygen atoms in total. The standard InChI is InChI=1S/C21H23N7O2/c29-20(26-12-9-22-10-13-26)16-28(21(30)15-27-14-11-24-25-27)18-6-4-17(5-7-18)19-3-1-2-8-23-19/h1-8,11,14,22H,9-10,12-13,15-16H2. The Bertz CT molecular complexity index is 968. The lowest BCUT2D eigenvalue weighted by Gasteiger charge is -2.30. The molecule has 0 saturated carbocycles. The first kappa shape index (κ1) is 19.7. The van der Waals surface area contributed by atoms with Crippen molar-refractivity contribution in [1.29, 1.82) is 0 Å². The molecule has 1 saturated heterocycles. The van der Waals surface area contributed by atoms with Crippen LogP contribution in [0.4, 0.5) is 5.69 Å². The van der Waals surface area contributed by atoms with Crippen LogP contribution >= 0.6 is 0 Å². The number of hydrogen-bond acceptors (Lipinski definition) is 6. The molecular weight excluding hydrogens is 382 g/mol. The molecule has 1 aromatic carbocycles. The van der Waals surface area contributed by atoms with E-state index in [1.807, 2.05) is 42.5 Å². The van der Waals surface area contributed by atoms with E-state index < -0.39 is 0 Å². The second kappa shape index (κ2) is 9.27. The van der Waals surface area contributed by atoms with Crippen LogP contribution in [0.3, 0.4) is 0 Å². The predicted octanol–water partition coefficient (Wildman–Crippen LogP) is 0.805. The van der Waals surface area contributed by atoms with E-state index in [0.717, 1.165) is 24.3 Å². The normalized spacial score (nSPS) is 13.8. The van der Waals surface area contributed by atoms with Crippen molar-refractivity contribution < 1.29 is 9.59 Å². The van der Waals surface area contributed by atoms with Gasteiger partial charge in [-0.3, -0.25) is 14.6 Å². The second-order valence-corrected chi connectivity index (χ2v) is 6.97. The molecule has 3 heterocycles. The summed E-state index contributed by atoms with van der Waals surface area (Å²) in [5.74, 6) is -0.299. The summed E-state index contributed by atoms with van der Waals surface area (Å²) in [6, 6.07) is 13.2. The van der Waals surface area contributed by atoms with Crippen LogP contribution in [-0.2, 0) is 16.1 Å². The molecule has 9 heteroatoms. The molecule has 4 rings (SSSR count). The summed E-state index contributed by atoms with van der Waals surface area (Å²) in [5.41, 5.74) is 2.45. The first-order valence-corrected chi connectivity index (χ1v) is 9.85. The summed E-state index contributed by atoms with van der Waals surface area (Å²) < 4.78 is 1.45. The Kier molecular flexibility index (Phi) is 6.09. The summed E-state index contributed by atoms with van der Waals surface area (Å²) >= 11 is 0. The van der Waals surface area contributed by atoms with E-state index >= 15 is 0 Å². The number of rotatable bonds is 6. The van der Waals surface area contributed by atoms with Gasteiger partial charge < -0.3 is 15.1 Å². The lowest BCUT2D eigenvalue weighted by Crippen LogP contribution is -2.50. The van der Waals surface area contributed by atoms with Gasteiger partial charge in [-0.25, -0.2) is 4.68 Å². The minimum atomic E-state index is -0.227. The van der Waals surface area contributed by atoms with Gasteiger partial charge in [0.15, 0.2) is 0 Å². The Morgan fingerprint density at radius 1 is 1.03 bits per heavy atom. The van der Waals surface area contributed by atoms with E-state index in [4.69, 9.17) is 0 Å². The summed E-state index contributed by atoms with van der Waals surface area (Å²) in [6.45, 7) is 2.80. The SMILES string of the molecule is O=C(CN(C(=O)Cn1ccnn1)c1ccc(-c2ccccn2)cc1)N1CCNCC1. The minimum absolute atomic E-state index is 0.0107. The van der Waals surface area contributed by atoms with Gasteiger partial charge >= 0.3 is 0 Å². The fourth-order valence-electron chi connectivity index (χ4n) is 3.36. The topological polar surface area (TPSA) is 96.2 Å². The van der Waals surface area contributed by atoms with Crippen molar-refractivity contribution in [2.24, 2.45) is 0 Å². The van der Waals surface area contributed by atoms with Gasteiger partial charge in [-0.05, 0) is 24.3 Å². The minimum Gasteiger partial charge on any atom is -0.339 e. The number of carbonyl (C=O) groups is 2. The van der Waals surface area contributed by atoms with Gasteiger partial charge in [0.1, 0.15) is 13.1 Å². The second-order valence-electron chi connectivity index (χ2n) is 6.97. The van der Waals surface area contributed by atoms with Crippen molar-refractivity contribution in [2.75, 3.05) is 37.6 Å². The molecule has 0 spiro atoms. The van der Waals surface area contributed by atoms with Crippen LogP contribution < -0.4 is 10.2 Å². The number of benzene rings is 1. The number of piperazine rings is 1. The maximum atomic E-state index is 13.0. The van der Waals surface area contributed by atoms with E-state index in [1.165, 1.54) is 15.8 Å². The maximum Gasteiger partial charge on any atom is 0.249 e. The number of amides is 2. The quantitative estimate of drug-likeness (QED) is 0.652. The molecule has 3 aromatic rings. The molecule has 0 aliphatic carbocycles. The fraction of sp³-hybridized carbons (Fsp3) is 0.286. The Morgan fingerprint density at radius 2 is 1.83 bits per heavy atom. The van der Waals surface area contributed by atoms with Crippen molar-refractivity contribution >= 4 is 17.5 Å². The Morgan fingerprint density at radius 3 is 2.50 bits per heavy atom. The number of hydrogen-bond donors (Lipinski definition) is 1. The summed E-state index contributed by atoms with van der Waals surface area (Å²) in [4.78, 5) is 33.5. The van der Waals surface area contributed by atoms with E-state index in [-0.39, 0.29) is 24.9 Å². The van der Waals surface area contributed by atoms with Crippen molar-refractivity contribution in [3.63, 3.8) is 0 Å². The van der Waals surface area contributed by atoms with Crippen molar-refractivity contribution in [2.45, 2.75) is 6.54 Å². The lowest BCUT2D eigenvalue weighted by atomic mass is 10.1. The molecule has 1 fully saturated rings. The van der Waals surface area contributed by atoms with Gasteiger partial charge in [0.25, 0.3) is 0 Å². The Labute approximate surface area is 174 Å². The van der Waals surface area contributed by atoms with Crippen LogP contribution in [0.2, 0.25) is 0 Å². The third-order valence-electron chi connectivity index (χ3n) is 4.97. The van der Waals surface area contributed by atoms with E-state index in [1.54, 1.807) is 17.3 Å². The highest BCUT2D eigenvalue weighted by Gasteiger charge is 2.24. The molecule has 2 aromatic heterocycles. The number of anilines is 1. The van der Waals surface area contributed by atoms with Crippen LogP contribution in [0.1, 0.15) is 0 Å². The van der Waals surface area contributed by atoms with E-state index in [9.17, 15) is 9.59 Å². The lowest BCUT2D eigenvalue weighted by molar-refractivity contribution is -0.132. The van der Waals surface area contributed by atoms with Gasteiger partial charge in [-0.1, -0.05) is 23.4 Å². The first-order chi connectivity index (χ1) is 14.7. The molecule has 0 radical (unpaired) electrons. The van der Waals surface area contributed by atoms with Crippen LogP contribution in [0.25, 0.3) is 11.3 Å². The zero-order chi connectivity index (χ0) is 20.8. The number of nitrogens with one attached hydrogen (secondary N) is 1. The highest BCUT2D eigenvalue weighted by atomic mass is 16.2. The number of aromatic nitrogens is 4. The molecule has 0 atom stereocenters. The Balaban J connectivity index is 1.55. The third kappa shape index (κ3) is 4.69. The zero-order valence-electron chi connectivity index (χ0n) is 16.5. The molecule has 1 aliphatic rings. The number of pyridine rings is 1. The Hall–Kier alpha value is -3.59. The first-order valence-electron chi connectivity index (χ1n) is 9.85. The average molecular weight is 405 g/mol. The number of carbonyl (C=O) groups excluding carboxylic acids is 2. The predicted molar refractivity (Wildman–Crippen MR) is 111 cm³/mol. The molecule has 30 heavy (non-hydrogen) atoms. The molecule has 0 bridgehead atoms. The highest BCUT2D eigenvalue weighted by molar-refractivity contribution is 5.98. The van der Waals surface area contributed by atoms with Gasteiger partial charge in [-0.15, -0.1) is 5.10 Å². The summed E-state index contributed by atoms with van der Waals surface area (Å²) in [6.07, 6.45) is 4.88. The molecule has 1 N–H and O–H groups in total. The zero-order valence-corrected chi connectivity index (χ0v) is 16.5. The van der Waals surface area contributed by atoms with Crippen LogP contribution in [0.15, 0.2) is 61.1 Å². The summed E-state index contributed by atoms with van der Waals surface area (Å²) in [5, 5.41) is 10.8. The third-order valence-corrected chi connectivity index (χ3v) is 4.97. The smallest absolute Gasteiger partial charge is 0.249 e. The van der Waals surface area contributed by atoms with Crippen LogP contribution in [-0.4, -0.2) is 69.4 Å². The van der Waals surface area contributed by atoms with Gasteiger partial charge in [0.05, 0.1) is 11.9 Å².